The lowest BCUT2D eigenvalue weighted by molar-refractivity contribution is 0.403. The van der Waals surface area contributed by atoms with Gasteiger partial charge in [0.1, 0.15) is 5.75 Å². The van der Waals surface area contributed by atoms with Crippen molar-refractivity contribution in [3.05, 3.63) is 24.3 Å². The quantitative estimate of drug-likeness (QED) is 0.729. The second-order valence-electron chi connectivity index (χ2n) is 3.74. The van der Waals surface area contributed by atoms with E-state index in [2.05, 4.69) is 0 Å². The Hall–Kier alpha value is -1.07. The average molecular weight is 242 g/mol. The van der Waals surface area contributed by atoms with E-state index in [0.29, 0.717) is 23.7 Å². The van der Waals surface area contributed by atoms with Gasteiger partial charge < -0.3 is 9.47 Å². The second kappa shape index (κ2) is 4.43. The zero-order valence-corrected chi connectivity index (χ0v) is 9.87. The average Bonchev–Trinajstić information content (AvgIpc) is 3.10. The van der Waals surface area contributed by atoms with Gasteiger partial charge in [-0.15, -0.1) is 0 Å². The summed E-state index contributed by atoms with van der Waals surface area (Å²) in [4.78, 5) is 0.342. The van der Waals surface area contributed by atoms with Crippen LogP contribution in [0.25, 0.3) is 0 Å². The first kappa shape index (κ1) is 11.4. The summed E-state index contributed by atoms with van der Waals surface area (Å²) < 4.78 is 33.7. The van der Waals surface area contributed by atoms with Gasteiger partial charge in [0.15, 0.2) is 9.84 Å². The third-order valence-electron chi connectivity index (χ3n) is 2.53. The Kier molecular flexibility index (Phi) is 3.16. The van der Waals surface area contributed by atoms with Crippen molar-refractivity contribution in [3.8, 4) is 5.75 Å². The summed E-state index contributed by atoms with van der Waals surface area (Å²) in [5, 5.41) is 0. The van der Waals surface area contributed by atoms with Crippen molar-refractivity contribution in [2.45, 2.75) is 17.4 Å². The molecule has 1 saturated heterocycles. The summed E-state index contributed by atoms with van der Waals surface area (Å²) in [6.07, 6.45) is 0.724. The SMILES string of the molecule is COc1ccc(S(=O)(=O)CCC2CO2)cc1. The van der Waals surface area contributed by atoms with Gasteiger partial charge in [-0.25, -0.2) is 8.42 Å². The highest BCUT2D eigenvalue weighted by Gasteiger charge is 2.25. The maximum absolute atomic E-state index is 11.9. The summed E-state index contributed by atoms with van der Waals surface area (Å²) in [5.41, 5.74) is 0. The van der Waals surface area contributed by atoms with Gasteiger partial charge in [0.25, 0.3) is 0 Å². The van der Waals surface area contributed by atoms with Crippen molar-refractivity contribution in [3.63, 3.8) is 0 Å². The molecule has 1 aromatic rings. The van der Waals surface area contributed by atoms with E-state index in [-0.39, 0.29) is 11.9 Å². The molecule has 0 spiro atoms. The standard InChI is InChI=1S/C11H14O4S/c1-14-9-2-4-11(5-3-9)16(12,13)7-6-10-8-15-10/h2-5,10H,6-8H2,1H3. The lowest BCUT2D eigenvalue weighted by Gasteiger charge is -2.04. The predicted octanol–water partition coefficient (Wildman–Crippen LogP) is 1.26. The molecule has 0 radical (unpaired) electrons. The van der Waals surface area contributed by atoms with Crippen LogP contribution in [0.3, 0.4) is 0 Å². The van der Waals surface area contributed by atoms with Gasteiger partial charge in [-0.3, -0.25) is 0 Å². The fourth-order valence-corrected chi connectivity index (χ4v) is 2.78. The fraction of sp³-hybridized carbons (Fsp3) is 0.455. The Bertz CT molecular complexity index is 445. The highest BCUT2D eigenvalue weighted by Crippen LogP contribution is 2.20. The number of benzene rings is 1. The van der Waals surface area contributed by atoms with Crippen LogP contribution in [0.2, 0.25) is 0 Å². The molecule has 0 saturated carbocycles. The van der Waals surface area contributed by atoms with E-state index in [1.165, 1.54) is 0 Å². The van der Waals surface area contributed by atoms with E-state index in [9.17, 15) is 8.42 Å². The van der Waals surface area contributed by atoms with Gasteiger partial charge in [0, 0.05) is 0 Å². The lowest BCUT2D eigenvalue weighted by Crippen LogP contribution is -2.08. The number of hydrogen-bond acceptors (Lipinski definition) is 4. The smallest absolute Gasteiger partial charge is 0.178 e. The molecule has 1 aromatic carbocycles. The van der Waals surface area contributed by atoms with Crippen LogP contribution in [0.5, 0.6) is 5.75 Å². The zero-order chi connectivity index (χ0) is 11.6. The number of hydrogen-bond donors (Lipinski definition) is 0. The van der Waals surface area contributed by atoms with E-state index >= 15 is 0 Å². The first-order chi connectivity index (χ1) is 7.62. The summed E-state index contributed by atoms with van der Waals surface area (Å²) >= 11 is 0. The fourth-order valence-electron chi connectivity index (χ4n) is 1.42. The molecule has 1 aliphatic rings. The van der Waals surface area contributed by atoms with Gasteiger partial charge in [-0.2, -0.15) is 0 Å². The van der Waals surface area contributed by atoms with Gasteiger partial charge in [0.2, 0.25) is 0 Å². The lowest BCUT2D eigenvalue weighted by atomic mass is 10.3. The van der Waals surface area contributed by atoms with Crippen molar-refractivity contribution >= 4 is 9.84 Å². The molecule has 0 N–H and O–H groups in total. The van der Waals surface area contributed by atoms with Crippen molar-refractivity contribution in [2.24, 2.45) is 0 Å². The molecule has 2 rings (SSSR count). The number of epoxide rings is 1. The second-order valence-corrected chi connectivity index (χ2v) is 5.85. The molecule has 1 fully saturated rings. The van der Waals surface area contributed by atoms with Crippen LogP contribution in [0.4, 0.5) is 0 Å². The maximum Gasteiger partial charge on any atom is 0.178 e. The molecule has 1 atom stereocenters. The van der Waals surface area contributed by atoms with Gasteiger partial charge in [-0.05, 0) is 30.7 Å². The summed E-state index contributed by atoms with van der Waals surface area (Å²) in [6, 6.07) is 6.45. The normalized spacial score (nSPS) is 19.4. The Morgan fingerprint density at radius 2 is 2.00 bits per heavy atom. The first-order valence-corrected chi connectivity index (χ1v) is 6.75. The molecule has 1 unspecified atom stereocenters. The van der Waals surface area contributed by atoms with Crippen LogP contribution >= 0.6 is 0 Å². The molecular weight excluding hydrogens is 228 g/mol. The van der Waals surface area contributed by atoms with E-state index in [0.717, 1.165) is 0 Å². The molecule has 0 aromatic heterocycles. The molecule has 5 heteroatoms. The summed E-state index contributed by atoms with van der Waals surface area (Å²) in [5.74, 6) is 0.800. The van der Waals surface area contributed by atoms with Crippen molar-refractivity contribution in [1.82, 2.24) is 0 Å². The minimum atomic E-state index is -3.18. The number of sulfone groups is 1. The maximum atomic E-state index is 11.9. The Balaban J connectivity index is 2.07. The van der Waals surface area contributed by atoms with Crippen molar-refractivity contribution in [2.75, 3.05) is 19.5 Å². The topological polar surface area (TPSA) is 55.9 Å². The van der Waals surface area contributed by atoms with Gasteiger partial charge in [0.05, 0.1) is 30.5 Å². The van der Waals surface area contributed by atoms with Crippen LogP contribution in [0, 0.1) is 0 Å². The molecule has 1 aliphatic heterocycles. The molecule has 0 bridgehead atoms. The molecule has 88 valence electrons. The molecule has 4 nitrogen and oxygen atoms in total. The Morgan fingerprint density at radius 1 is 1.38 bits per heavy atom. The van der Waals surface area contributed by atoms with E-state index in [1.54, 1.807) is 31.4 Å². The van der Waals surface area contributed by atoms with Gasteiger partial charge in [-0.1, -0.05) is 0 Å². The molecule has 0 aliphatic carbocycles. The number of rotatable bonds is 5. The molecular formula is C11H14O4S. The van der Waals surface area contributed by atoms with Crippen LogP contribution in [0.1, 0.15) is 6.42 Å². The minimum absolute atomic E-state index is 0.143. The number of methoxy groups -OCH3 is 1. The largest absolute Gasteiger partial charge is 0.497 e. The Labute approximate surface area is 95.1 Å². The van der Waals surface area contributed by atoms with Crippen LogP contribution in [-0.2, 0) is 14.6 Å². The molecule has 16 heavy (non-hydrogen) atoms. The van der Waals surface area contributed by atoms with Crippen LogP contribution in [0.15, 0.2) is 29.2 Å². The van der Waals surface area contributed by atoms with E-state index < -0.39 is 9.84 Å². The first-order valence-electron chi connectivity index (χ1n) is 5.10. The molecule has 0 amide bonds. The number of ether oxygens (including phenoxy) is 2. The summed E-state index contributed by atoms with van der Waals surface area (Å²) in [6.45, 7) is 0.693. The van der Waals surface area contributed by atoms with E-state index in [4.69, 9.17) is 9.47 Å². The zero-order valence-electron chi connectivity index (χ0n) is 9.05. The van der Waals surface area contributed by atoms with Gasteiger partial charge >= 0.3 is 0 Å². The summed E-state index contributed by atoms with van der Waals surface area (Å²) in [7, 11) is -1.63. The molecule has 1 heterocycles. The van der Waals surface area contributed by atoms with Crippen molar-refractivity contribution < 1.29 is 17.9 Å². The predicted molar refractivity (Wildman–Crippen MR) is 59.4 cm³/mol. The monoisotopic (exact) mass is 242 g/mol. The van der Waals surface area contributed by atoms with E-state index in [1.807, 2.05) is 0 Å². The van der Waals surface area contributed by atoms with Crippen LogP contribution in [-0.4, -0.2) is 34.0 Å². The van der Waals surface area contributed by atoms with Crippen LogP contribution < -0.4 is 4.74 Å². The Morgan fingerprint density at radius 3 is 2.50 bits per heavy atom. The van der Waals surface area contributed by atoms with Crippen molar-refractivity contribution in [1.29, 1.82) is 0 Å². The minimum Gasteiger partial charge on any atom is -0.497 e. The highest BCUT2D eigenvalue weighted by atomic mass is 32.2. The third kappa shape index (κ3) is 2.74. The highest BCUT2D eigenvalue weighted by molar-refractivity contribution is 7.91. The third-order valence-corrected chi connectivity index (χ3v) is 4.29.